The van der Waals surface area contributed by atoms with E-state index in [-0.39, 0.29) is 11.9 Å². The third-order valence-corrected chi connectivity index (χ3v) is 4.12. The third-order valence-electron chi connectivity index (χ3n) is 4.12. The highest BCUT2D eigenvalue weighted by atomic mass is 19.4. The lowest BCUT2D eigenvalue weighted by atomic mass is 9.79. The Kier molecular flexibility index (Phi) is 4.35. The number of rotatable bonds is 3. The average Bonchev–Trinajstić information content (AvgIpc) is 2.41. The molecule has 2 aliphatic rings. The van der Waals surface area contributed by atoms with Crippen molar-refractivity contribution in [3.63, 3.8) is 0 Å². The van der Waals surface area contributed by atoms with Gasteiger partial charge in [0.1, 0.15) is 5.76 Å². The monoisotopic (exact) mass is 304 g/mol. The van der Waals surface area contributed by atoms with Gasteiger partial charge < -0.3 is 9.84 Å². The van der Waals surface area contributed by atoms with Crippen LogP contribution in [-0.4, -0.2) is 23.4 Å². The van der Waals surface area contributed by atoms with Crippen LogP contribution in [0.15, 0.2) is 23.5 Å². The fourth-order valence-electron chi connectivity index (χ4n) is 2.73. The fraction of sp³-hybridized carbons (Fsp3) is 0.667. The van der Waals surface area contributed by atoms with Crippen molar-refractivity contribution in [2.45, 2.75) is 57.7 Å². The second kappa shape index (κ2) is 5.73. The van der Waals surface area contributed by atoms with E-state index >= 15 is 0 Å². The first-order valence-corrected chi connectivity index (χ1v) is 7.12. The van der Waals surface area contributed by atoms with E-state index in [1.807, 2.05) is 0 Å². The molecule has 1 atom stereocenters. The molecule has 1 fully saturated rings. The van der Waals surface area contributed by atoms with Crippen molar-refractivity contribution in [3.05, 3.63) is 23.5 Å². The number of allylic oxidation sites excluding steroid dienone is 2. The summed E-state index contributed by atoms with van der Waals surface area (Å²) >= 11 is 0. The van der Waals surface area contributed by atoms with E-state index in [9.17, 15) is 18.0 Å². The van der Waals surface area contributed by atoms with Crippen LogP contribution in [0.1, 0.15) is 45.4 Å². The SMILES string of the molecule is CC1(C(=O)O)C=CC(OC2CCCCC2)=C(C(F)(F)F)C1. The van der Waals surface area contributed by atoms with Crippen LogP contribution < -0.4 is 0 Å². The van der Waals surface area contributed by atoms with Crippen LogP contribution in [0, 0.1) is 5.41 Å². The number of carbonyl (C=O) groups is 1. The van der Waals surface area contributed by atoms with E-state index in [1.165, 1.54) is 19.1 Å². The Labute approximate surface area is 121 Å². The molecule has 0 spiro atoms. The van der Waals surface area contributed by atoms with Crippen molar-refractivity contribution in [2.75, 3.05) is 0 Å². The topological polar surface area (TPSA) is 46.5 Å². The standard InChI is InChI=1S/C15H19F3O3/c1-14(13(19)20)8-7-12(11(9-14)15(16,17)18)21-10-5-3-2-4-6-10/h7-8,10H,2-6,9H2,1H3,(H,19,20). The summed E-state index contributed by atoms with van der Waals surface area (Å²) in [5, 5.41) is 9.11. The van der Waals surface area contributed by atoms with Crippen LogP contribution in [-0.2, 0) is 9.53 Å². The van der Waals surface area contributed by atoms with Crippen molar-refractivity contribution in [2.24, 2.45) is 5.41 Å². The van der Waals surface area contributed by atoms with E-state index in [0.29, 0.717) is 0 Å². The highest BCUT2D eigenvalue weighted by Gasteiger charge is 2.45. The molecule has 0 aromatic heterocycles. The molecular weight excluding hydrogens is 285 g/mol. The Morgan fingerprint density at radius 2 is 1.95 bits per heavy atom. The van der Waals surface area contributed by atoms with E-state index in [4.69, 9.17) is 9.84 Å². The zero-order valence-corrected chi connectivity index (χ0v) is 11.9. The second-order valence-electron chi connectivity index (χ2n) is 5.95. The van der Waals surface area contributed by atoms with E-state index in [1.54, 1.807) is 0 Å². The molecule has 0 saturated heterocycles. The van der Waals surface area contributed by atoms with Gasteiger partial charge in [0.15, 0.2) is 0 Å². The Hall–Kier alpha value is -1.46. The van der Waals surface area contributed by atoms with Crippen LogP contribution in [0.3, 0.4) is 0 Å². The molecule has 0 bridgehead atoms. The molecule has 0 aromatic carbocycles. The van der Waals surface area contributed by atoms with Crippen molar-refractivity contribution >= 4 is 5.97 Å². The summed E-state index contributed by atoms with van der Waals surface area (Å²) in [6.07, 6.45) is 1.58. The van der Waals surface area contributed by atoms with Gasteiger partial charge in [-0.15, -0.1) is 0 Å². The predicted molar refractivity (Wildman–Crippen MR) is 70.5 cm³/mol. The summed E-state index contributed by atoms with van der Waals surface area (Å²) in [6.45, 7) is 1.29. The lowest BCUT2D eigenvalue weighted by molar-refractivity contribution is -0.146. The van der Waals surface area contributed by atoms with Gasteiger partial charge in [-0.1, -0.05) is 12.5 Å². The van der Waals surface area contributed by atoms with Crippen molar-refractivity contribution < 1.29 is 27.8 Å². The molecule has 3 nitrogen and oxygen atoms in total. The van der Waals surface area contributed by atoms with Gasteiger partial charge in [-0.3, -0.25) is 4.79 Å². The van der Waals surface area contributed by atoms with Gasteiger partial charge in [0.05, 0.1) is 17.1 Å². The predicted octanol–water partition coefficient (Wildman–Crippen LogP) is 4.20. The van der Waals surface area contributed by atoms with Crippen LogP contribution in [0.2, 0.25) is 0 Å². The number of carboxylic acids is 1. The normalized spacial score (nSPS) is 27.8. The minimum atomic E-state index is -4.58. The van der Waals surface area contributed by atoms with Gasteiger partial charge in [-0.05, 0) is 38.7 Å². The first kappa shape index (κ1) is 15.9. The Bertz CT molecular complexity index is 473. The Morgan fingerprint density at radius 1 is 1.33 bits per heavy atom. The van der Waals surface area contributed by atoms with Gasteiger partial charge in [0, 0.05) is 6.42 Å². The maximum atomic E-state index is 13.2. The van der Waals surface area contributed by atoms with Gasteiger partial charge in [0.2, 0.25) is 0 Å². The third kappa shape index (κ3) is 3.60. The molecule has 118 valence electrons. The van der Waals surface area contributed by atoms with E-state index in [0.717, 1.165) is 32.1 Å². The molecule has 0 heterocycles. The molecule has 2 aliphatic carbocycles. The largest absolute Gasteiger partial charge is 0.490 e. The number of alkyl halides is 3. The molecule has 21 heavy (non-hydrogen) atoms. The molecule has 0 aromatic rings. The first-order chi connectivity index (χ1) is 9.72. The zero-order valence-electron chi connectivity index (χ0n) is 11.9. The summed E-state index contributed by atoms with van der Waals surface area (Å²) in [5.41, 5.74) is -2.41. The smallest absolute Gasteiger partial charge is 0.416 e. The minimum Gasteiger partial charge on any atom is -0.490 e. The molecular formula is C15H19F3O3. The van der Waals surface area contributed by atoms with E-state index in [2.05, 4.69) is 0 Å². The molecule has 0 radical (unpaired) electrons. The summed E-state index contributed by atoms with van der Waals surface area (Å²) in [6, 6.07) is 0. The van der Waals surface area contributed by atoms with Crippen LogP contribution in [0.25, 0.3) is 0 Å². The van der Waals surface area contributed by atoms with Gasteiger partial charge >= 0.3 is 12.1 Å². The van der Waals surface area contributed by atoms with Crippen LogP contribution in [0.4, 0.5) is 13.2 Å². The molecule has 6 heteroatoms. The number of halogens is 3. The summed E-state index contributed by atoms with van der Waals surface area (Å²) in [7, 11) is 0. The number of aliphatic carboxylic acids is 1. The summed E-state index contributed by atoms with van der Waals surface area (Å²) < 4.78 is 45.1. The fourth-order valence-corrected chi connectivity index (χ4v) is 2.73. The molecule has 2 rings (SSSR count). The lowest BCUT2D eigenvalue weighted by Gasteiger charge is -2.31. The molecule has 0 aliphatic heterocycles. The molecule has 1 unspecified atom stereocenters. The number of hydrogen-bond donors (Lipinski definition) is 1. The average molecular weight is 304 g/mol. The van der Waals surface area contributed by atoms with Crippen molar-refractivity contribution in [1.29, 1.82) is 0 Å². The van der Waals surface area contributed by atoms with E-state index < -0.39 is 29.6 Å². The summed E-state index contributed by atoms with van der Waals surface area (Å²) in [5.74, 6) is -1.48. The van der Waals surface area contributed by atoms with Gasteiger partial charge in [-0.2, -0.15) is 13.2 Å². The Morgan fingerprint density at radius 3 is 2.48 bits per heavy atom. The van der Waals surface area contributed by atoms with Gasteiger partial charge in [-0.25, -0.2) is 0 Å². The quantitative estimate of drug-likeness (QED) is 0.850. The zero-order chi connectivity index (χ0) is 15.7. The number of hydrogen-bond acceptors (Lipinski definition) is 2. The molecule has 1 N–H and O–H groups in total. The maximum absolute atomic E-state index is 13.2. The van der Waals surface area contributed by atoms with Crippen molar-refractivity contribution in [3.8, 4) is 0 Å². The molecule has 1 saturated carbocycles. The maximum Gasteiger partial charge on any atom is 0.416 e. The highest BCUT2D eigenvalue weighted by Crippen LogP contribution is 2.43. The minimum absolute atomic E-state index is 0.204. The van der Waals surface area contributed by atoms with Crippen LogP contribution in [0.5, 0.6) is 0 Å². The highest BCUT2D eigenvalue weighted by molar-refractivity contribution is 5.77. The number of carboxylic acid groups (broad SMARTS) is 1. The van der Waals surface area contributed by atoms with Crippen LogP contribution >= 0.6 is 0 Å². The van der Waals surface area contributed by atoms with Crippen molar-refractivity contribution in [1.82, 2.24) is 0 Å². The molecule has 0 amide bonds. The Balaban J connectivity index is 2.24. The number of ether oxygens (including phenoxy) is 1. The van der Waals surface area contributed by atoms with Gasteiger partial charge in [0.25, 0.3) is 0 Å². The first-order valence-electron chi connectivity index (χ1n) is 7.12. The second-order valence-corrected chi connectivity index (χ2v) is 5.95. The summed E-state index contributed by atoms with van der Waals surface area (Å²) in [4.78, 5) is 11.2. The lowest BCUT2D eigenvalue weighted by Crippen LogP contribution is -2.33.